The SMILES string of the molecule is CN=C(NCC1CCCO1)NCC(C)Sc1ccc(Br)cc1.I. The standard InChI is InChI=1S/C16H24BrN3OS.HI/c1-12(22-15-7-5-13(17)6-8-15)10-19-16(18-2)20-11-14-4-3-9-21-14;/h5-8,12,14H,3-4,9-11H2,1-2H3,(H2,18,19,20);1H. The number of hydrogen-bond acceptors (Lipinski definition) is 3. The van der Waals surface area contributed by atoms with Gasteiger partial charge in [-0.15, -0.1) is 35.7 Å². The molecule has 1 aliphatic heterocycles. The van der Waals surface area contributed by atoms with Gasteiger partial charge in [0.1, 0.15) is 0 Å². The van der Waals surface area contributed by atoms with Gasteiger partial charge in [-0.3, -0.25) is 4.99 Å². The van der Waals surface area contributed by atoms with E-state index in [1.807, 2.05) is 11.8 Å². The second-order valence-corrected chi connectivity index (χ2v) is 7.78. The Hall–Kier alpha value is 0.01000. The van der Waals surface area contributed by atoms with Crippen molar-refractivity contribution in [2.75, 3.05) is 26.7 Å². The molecule has 7 heteroatoms. The van der Waals surface area contributed by atoms with Crippen LogP contribution in [0.4, 0.5) is 0 Å². The van der Waals surface area contributed by atoms with Gasteiger partial charge in [-0.1, -0.05) is 22.9 Å². The average Bonchev–Trinajstić information content (AvgIpc) is 3.03. The monoisotopic (exact) mass is 513 g/mol. The van der Waals surface area contributed by atoms with Crippen LogP contribution in [0, 0.1) is 0 Å². The summed E-state index contributed by atoms with van der Waals surface area (Å²) in [6.45, 7) is 4.80. The second kappa shape index (κ2) is 11.5. The van der Waals surface area contributed by atoms with Crippen molar-refractivity contribution in [3.05, 3.63) is 28.7 Å². The quantitative estimate of drug-likeness (QED) is 0.262. The summed E-state index contributed by atoms with van der Waals surface area (Å²) in [5.41, 5.74) is 0. The van der Waals surface area contributed by atoms with Gasteiger partial charge in [0.15, 0.2) is 5.96 Å². The van der Waals surface area contributed by atoms with Crippen molar-refractivity contribution in [2.24, 2.45) is 4.99 Å². The minimum atomic E-state index is 0. The van der Waals surface area contributed by atoms with Crippen LogP contribution >= 0.6 is 51.7 Å². The Bertz CT molecular complexity index is 481. The first-order valence-corrected chi connectivity index (χ1v) is 9.33. The van der Waals surface area contributed by atoms with E-state index in [4.69, 9.17) is 4.74 Å². The number of aliphatic imine (C=N–C) groups is 1. The van der Waals surface area contributed by atoms with Gasteiger partial charge in [-0.05, 0) is 37.1 Å². The molecule has 2 unspecified atom stereocenters. The summed E-state index contributed by atoms with van der Waals surface area (Å²) in [6.07, 6.45) is 2.63. The normalized spacial score (nSPS) is 19.1. The molecule has 0 radical (unpaired) electrons. The molecule has 1 aromatic carbocycles. The fraction of sp³-hybridized carbons (Fsp3) is 0.562. The lowest BCUT2D eigenvalue weighted by Gasteiger charge is -2.17. The number of halogens is 2. The minimum absolute atomic E-state index is 0. The third kappa shape index (κ3) is 8.09. The summed E-state index contributed by atoms with van der Waals surface area (Å²) in [5, 5.41) is 7.18. The Morgan fingerprint density at radius 3 is 2.74 bits per heavy atom. The molecule has 2 N–H and O–H groups in total. The van der Waals surface area contributed by atoms with E-state index in [0.717, 1.165) is 36.5 Å². The predicted molar refractivity (Wildman–Crippen MR) is 113 cm³/mol. The first-order valence-electron chi connectivity index (χ1n) is 7.65. The van der Waals surface area contributed by atoms with Crippen molar-refractivity contribution in [1.82, 2.24) is 10.6 Å². The van der Waals surface area contributed by atoms with Crippen LogP contribution in [-0.4, -0.2) is 44.1 Å². The Kier molecular flexibility index (Phi) is 10.6. The van der Waals surface area contributed by atoms with E-state index >= 15 is 0 Å². The van der Waals surface area contributed by atoms with E-state index in [0.29, 0.717) is 11.4 Å². The van der Waals surface area contributed by atoms with Crippen LogP contribution in [0.25, 0.3) is 0 Å². The highest BCUT2D eigenvalue weighted by atomic mass is 127. The lowest BCUT2D eigenvalue weighted by Crippen LogP contribution is -2.42. The predicted octanol–water partition coefficient (Wildman–Crippen LogP) is 3.89. The Balaban J connectivity index is 0.00000264. The fourth-order valence-electron chi connectivity index (χ4n) is 2.26. The van der Waals surface area contributed by atoms with E-state index in [-0.39, 0.29) is 24.0 Å². The van der Waals surface area contributed by atoms with Crippen LogP contribution in [0.15, 0.2) is 38.6 Å². The smallest absolute Gasteiger partial charge is 0.191 e. The number of rotatable bonds is 6. The molecular formula is C16H25BrIN3OS. The van der Waals surface area contributed by atoms with Gasteiger partial charge in [0.25, 0.3) is 0 Å². The van der Waals surface area contributed by atoms with E-state index in [2.05, 4.69) is 62.7 Å². The van der Waals surface area contributed by atoms with Crippen molar-refractivity contribution in [3.8, 4) is 0 Å². The van der Waals surface area contributed by atoms with E-state index in [1.54, 1.807) is 7.05 Å². The fourth-order valence-corrected chi connectivity index (χ4v) is 3.45. The molecule has 0 amide bonds. The zero-order chi connectivity index (χ0) is 15.8. The van der Waals surface area contributed by atoms with Gasteiger partial charge in [0.2, 0.25) is 0 Å². The van der Waals surface area contributed by atoms with Crippen molar-refractivity contribution in [3.63, 3.8) is 0 Å². The summed E-state index contributed by atoms with van der Waals surface area (Å²) < 4.78 is 6.72. The molecule has 0 saturated carbocycles. The summed E-state index contributed by atoms with van der Waals surface area (Å²) in [6, 6.07) is 8.42. The van der Waals surface area contributed by atoms with Gasteiger partial charge in [0, 0.05) is 41.4 Å². The van der Waals surface area contributed by atoms with Crippen LogP contribution in [0.1, 0.15) is 19.8 Å². The number of thioether (sulfide) groups is 1. The van der Waals surface area contributed by atoms with E-state index in [9.17, 15) is 0 Å². The lowest BCUT2D eigenvalue weighted by molar-refractivity contribution is 0.114. The average molecular weight is 514 g/mol. The molecule has 0 aliphatic carbocycles. The maximum atomic E-state index is 5.61. The van der Waals surface area contributed by atoms with Gasteiger partial charge in [-0.2, -0.15) is 0 Å². The third-order valence-corrected chi connectivity index (χ3v) is 5.09. The molecule has 1 heterocycles. The van der Waals surface area contributed by atoms with Crippen molar-refractivity contribution < 1.29 is 4.74 Å². The molecule has 1 aromatic rings. The zero-order valence-corrected chi connectivity index (χ0v) is 18.3. The van der Waals surface area contributed by atoms with Crippen molar-refractivity contribution >= 4 is 57.6 Å². The molecule has 0 aromatic heterocycles. The highest BCUT2D eigenvalue weighted by molar-refractivity contribution is 14.0. The largest absolute Gasteiger partial charge is 0.376 e. The zero-order valence-electron chi connectivity index (χ0n) is 13.5. The molecule has 130 valence electrons. The van der Waals surface area contributed by atoms with Gasteiger partial charge < -0.3 is 15.4 Å². The molecule has 0 spiro atoms. The molecule has 1 saturated heterocycles. The molecule has 1 fully saturated rings. The van der Waals surface area contributed by atoms with Crippen LogP contribution in [0.5, 0.6) is 0 Å². The minimum Gasteiger partial charge on any atom is -0.376 e. The Labute approximate surface area is 168 Å². The second-order valence-electron chi connectivity index (χ2n) is 5.35. The van der Waals surface area contributed by atoms with Gasteiger partial charge in [0.05, 0.1) is 6.10 Å². The molecule has 23 heavy (non-hydrogen) atoms. The molecule has 2 atom stereocenters. The summed E-state index contributed by atoms with van der Waals surface area (Å²) >= 11 is 5.32. The number of hydrogen-bond donors (Lipinski definition) is 2. The summed E-state index contributed by atoms with van der Waals surface area (Å²) in [5.74, 6) is 0.846. The van der Waals surface area contributed by atoms with Crippen LogP contribution in [0.2, 0.25) is 0 Å². The number of ether oxygens (including phenoxy) is 1. The lowest BCUT2D eigenvalue weighted by atomic mass is 10.2. The van der Waals surface area contributed by atoms with Crippen LogP contribution in [0.3, 0.4) is 0 Å². The highest BCUT2D eigenvalue weighted by Gasteiger charge is 2.15. The van der Waals surface area contributed by atoms with Gasteiger partial charge in [-0.25, -0.2) is 0 Å². The molecular weight excluding hydrogens is 489 g/mol. The third-order valence-electron chi connectivity index (χ3n) is 3.45. The number of nitrogens with zero attached hydrogens (tertiary/aromatic N) is 1. The number of guanidine groups is 1. The maximum absolute atomic E-state index is 5.61. The molecule has 0 bridgehead atoms. The van der Waals surface area contributed by atoms with Gasteiger partial charge >= 0.3 is 0 Å². The highest BCUT2D eigenvalue weighted by Crippen LogP contribution is 2.24. The molecule has 4 nitrogen and oxygen atoms in total. The van der Waals surface area contributed by atoms with E-state index < -0.39 is 0 Å². The van der Waals surface area contributed by atoms with E-state index in [1.165, 1.54) is 11.3 Å². The molecule has 1 aliphatic rings. The Morgan fingerprint density at radius 1 is 1.39 bits per heavy atom. The molecule has 2 rings (SSSR count). The Morgan fingerprint density at radius 2 is 2.13 bits per heavy atom. The van der Waals surface area contributed by atoms with Crippen molar-refractivity contribution in [1.29, 1.82) is 0 Å². The van der Waals surface area contributed by atoms with Crippen molar-refractivity contribution in [2.45, 2.75) is 36.0 Å². The summed E-state index contributed by atoms with van der Waals surface area (Å²) in [7, 11) is 1.80. The number of nitrogens with one attached hydrogen (secondary N) is 2. The number of benzene rings is 1. The maximum Gasteiger partial charge on any atom is 0.191 e. The van der Waals surface area contributed by atoms with Crippen LogP contribution < -0.4 is 10.6 Å². The first-order chi connectivity index (χ1) is 10.7. The first kappa shape index (κ1) is 21.1. The van der Waals surface area contributed by atoms with Crippen LogP contribution in [-0.2, 0) is 4.74 Å². The summed E-state index contributed by atoms with van der Waals surface area (Å²) in [4.78, 5) is 5.54. The topological polar surface area (TPSA) is 45.7 Å².